The van der Waals surface area contributed by atoms with Crippen molar-refractivity contribution in [2.24, 2.45) is 11.8 Å². The topological polar surface area (TPSA) is 49.3 Å². The van der Waals surface area contributed by atoms with Crippen molar-refractivity contribution in [2.75, 3.05) is 5.32 Å². The van der Waals surface area contributed by atoms with Crippen LogP contribution >= 0.6 is 0 Å². The first-order valence-electron chi connectivity index (χ1n) is 6.66. The number of anilines is 1. The van der Waals surface area contributed by atoms with E-state index in [2.05, 4.69) is 12.2 Å². The molecule has 1 saturated carbocycles. The van der Waals surface area contributed by atoms with E-state index in [-0.39, 0.29) is 17.6 Å². The molecular weight excluding hydrogens is 226 g/mol. The second-order valence-electron chi connectivity index (χ2n) is 5.45. The summed E-state index contributed by atoms with van der Waals surface area (Å²) in [5.74, 6) is 1.26. The molecule has 3 heteroatoms. The zero-order valence-corrected chi connectivity index (χ0v) is 11.1. The van der Waals surface area contributed by atoms with E-state index in [0.717, 1.165) is 42.9 Å². The highest BCUT2D eigenvalue weighted by Gasteiger charge is 2.24. The number of carbonyl (C=O) groups is 1. The minimum atomic E-state index is 0.121. The van der Waals surface area contributed by atoms with Crippen molar-refractivity contribution in [2.45, 2.75) is 39.5 Å². The highest BCUT2D eigenvalue weighted by molar-refractivity contribution is 5.93. The van der Waals surface area contributed by atoms with E-state index in [0.29, 0.717) is 0 Å². The molecule has 1 aromatic rings. The van der Waals surface area contributed by atoms with Crippen LogP contribution in [0.25, 0.3) is 0 Å². The Kier molecular flexibility index (Phi) is 3.90. The lowest BCUT2D eigenvalue weighted by atomic mass is 9.82. The predicted octanol–water partition coefficient (Wildman–Crippen LogP) is 3.47. The molecule has 0 aromatic heterocycles. The number of carbonyl (C=O) groups excluding carboxylic acids is 1. The molecule has 0 heterocycles. The highest BCUT2D eigenvalue weighted by Crippen LogP contribution is 2.29. The highest BCUT2D eigenvalue weighted by atomic mass is 16.3. The predicted molar refractivity (Wildman–Crippen MR) is 72.6 cm³/mol. The Balaban J connectivity index is 1.98. The van der Waals surface area contributed by atoms with Gasteiger partial charge in [-0.3, -0.25) is 4.79 Å². The smallest absolute Gasteiger partial charge is 0.227 e. The lowest BCUT2D eigenvalue weighted by molar-refractivity contribution is -0.121. The number of hydrogen-bond donors (Lipinski definition) is 2. The first-order valence-corrected chi connectivity index (χ1v) is 6.66. The minimum absolute atomic E-state index is 0.121. The summed E-state index contributed by atoms with van der Waals surface area (Å²) in [4.78, 5) is 12.1. The van der Waals surface area contributed by atoms with Gasteiger partial charge < -0.3 is 10.4 Å². The zero-order valence-electron chi connectivity index (χ0n) is 11.1. The summed E-state index contributed by atoms with van der Waals surface area (Å²) in [7, 11) is 0. The van der Waals surface area contributed by atoms with E-state index in [1.54, 1.807) is 18.2 Å². The van der Waals surface area contributed by atoms with Crippen molar-refractivity contribution in [3.63, 3.8) is 0 Å². The number of hydrogen-bond acceptors (Lipinski definition) is 2. The number of amides is 1. The van der Waals surface area contributed by atoms with Gasteiger partial charge in [-0.15, -0.1) is 0 Å². The van der Waals surface area contributed by atoms with E-state index < -0.39 is 0 Å². The van der Waals surface area contributed by atoms with Gasteiger partial charge in [0, 0.05) is 11.6 Å². The number of nitrogens with one attached hydrogen (secondary N) is 1. The van der Waals surface area contributed by atoms with E-state index in [9.17, 15) is 9.90 Å². The molecule has 98 valence electrons. The average Bonchev–Trinajstić information content (AvgIpc) is 2.33. The molecule has 0 bridgehead atoms. The van der Waals surface area contributed by atoms with Gasteiger partial charge in [-0.05, 0) is 62.3 Å². The minimum Gasteiger partial charge on any atom is -0.508 e. The number of aromatic hydroxyl groups is 1. The summed E-state index contributed by atoms with van der Waals surface area (Å²) in [5.41, 5.74) is 1.70. The van der Waals surface area contributed by atoms with Gasteiger partial charge in [-0.1, -0.05) is 6.92 Å². The molecule has 3 nitrogen and oxygen atoms in total. The van der Waals surface area contributed by atoms with E-state index in [4.69, 9.17) is 0 Å². The van der Waals surface area contributed by atoms with Crippen LogP contribution in [0.2, 0.25) is 0 Å². The molecule has 1 amide bonds. The zero-order chi connectivity index (χ0) is 13.1. The standard InChI is InChI=1S/C15H21NO2/c1-10-3-5-12(6-4-10)15(18)16-14-8-7-13(17)9-11(14)2/h7-10,12,17H,3-6H2,1-2H3,(H,16,18). The van der Waals surface area contributed by atoms with Crippen LogP contribution in [0.15, 0.2) is 18.2 Å². The van der Waals surface area contributed by atoms with Crippen LogP contribution in [-0.2, 0) is 4.79 Å². The fraction of sp³-hybridized carbons (Fsp3) is 0.533. The third-order valence-electron chi connectivity index (χ3n) is 3.85. The van der Waals surface area contributed by atoms with Crippen molar-refractivity contribution in [1.82, 2.24) is 0 Å². The van der Waals surface area contributed by atoms with Gasteiger partial charge in [-0.25, -0.2) is 0 Å². The number of phenolic OH excluding ortho intramolecular Hbond substituents is 1. The van der Waals surface area contributed by atoms with Crippen LogP contribution in [0.5, 0.6) is 5.75 Å². The average molecular weight is 247 g/mol. The Morgan fingerprint density at radius 1 is 1.28 bits per heavy atom. The van der Waals surface area contributed by atoms with Crippen molar-refractivity contribution < 1.29 is 9.90 Å². The van der Waals surface area contributed by atoms with E-state index in [1.807, 2.05) is 6.92 Å². The third-order valence-corrected chi connectivity index (χ3v) is 3.85. The third kappa shape index (κ3) is 3.03. The maximum Gasteiger partial charge on any atom is 0.227 e. The van der Waals surface area contributed by atoms with Crippen molar-refractivity contribution in [1.29, 1.82) is 0 Å². The maximum absolute atomic E-state index is 12.1. The summed E-state index contributed by atoms with van der Waals surface area (Å²) in [6, 6.07) is 5.03. The number of aryl methyl sites for hydroxylation is 1. The molecule has 18 heavy (non-hydrogen) atoms. The molecule has 1 aliphatic carbocycles. The van der Waals surface area contributed by atoms with E-state index in [1.165, 1.54) is 0 Å². The second-order valence-corrected chi connectivity index (χ2v) is 5.45. The van der Waals surface area contributed by atoms with Gasteiger partial charge in [0.1, 0.15) is 5.75 Å². The van der Waals surface area contributed by atoms with Crippen LogP contribution in [0.4, 0.5) is 5.69 Å². The number of benzene rings is 1. The largest absolute Gasteiger partial charge is 0.508 e. The van der Waals surface area contributed by atoms with Gasteiger partial charge >= 0.3 is 0 Å². The number of phenols is 1. The summed E-state index contributed by atoms with van der Waals surface area (Å²) < 4.78 is 0. The fourth-order valence-corrected chi connectivity index (χ4v) is 2.55. The Bertz CT molecular complexity index is 434. The maximum atomic E-state index is 12.1. The summed E-state index contributed by atoms with van der Waals surface area (Å²) in [6.45, 7) is 4.14. The summed E-state index contributed by atoms with van der Waals surface area (Å²) >= 11 is 0. The Morgan fingerprint density at radius 3 is 2.56 bits per heavy atom. The summed E-state index contributed by atoms with van der Waals surface area (Å²) in [6.07, 6.45) is 4.27. The first-order chi connectivity index (χ1) is 8.56. The SMILES string of the molecule is Cc1cc(O)ccc1NC(=O)C1CCC(C)CC1. The van der Waals surface area contributed by atoms with Gasteiger partial charge in [0.05, 0.1) is 0 Å². The molecule has 2 N–H and O–H groups in total. The Labute approximate surface area is 108 Å². The van der Waals surface area contributed by atoms with Crippen molar-refractivity contribution >= 4 is 11.6 Å². The van der Waals surface area contributed by atoms with Crippen LogP contribution in [-0.4, -0.2) is 11.0 Å². The second kappa shape index (κ2) is 5.42. The quantitative estimate of drug-likeness (QED) is 0.786. The molecule has 0 radical (unpaired) electrons. The molecule has 1 fully saturated rings. The monoisotopic (exact) mass is 247 g/mol. The number of rotatable bonds is 2. The lowest BCUT2D eigenvalue weighted by Crippen LogP contribution is -2.26. The van der Waals surface area contributed by atoms with Crippen molar-refractivity contribution in [3.05, 3.63) is 23.8 Å². The van der Waals surface area contributed by atoms with E-state index >= 15 is 0 Å². The van der Waals surface area contributed by atoms with Crippen LogP contribution in [0.3, 0.4) is 0 Å². The molecule has 1 aromatic carbocycles. The lowest BCUT2D eigenvalue weighted by Gasteiger charge is -2.25. The molecule has 1 aliphatic rings. The molecule has 2 rings (SSSR count). The van der Waals surface area contributed by atoms with Gasteiger partial charge in [0.15, 0.2) is 0 Å². The molecule has 0 atom stereocenters. The van der Waals surface area contributed by atoms with Gasteiger partial charge in [-0.2, -0.15) is 0 Å². The molecule has 0 aliphatic heterocycles. The first kappa shape index (κ1) is 12.9. The van der Waals surface area contributed by atoms with Crippen LogP contribution in [0, 0.1) is 18.8 Å². The summed E-state index contributed by atoms with van der Waals surface area (Å²) in [5, 5.41) is 12.3. The Hall–Kier alpha value is -1.51. The van der Waals surface area contributed by atoms with Crippen molar-refractivity contribution in [3.8, 4) is 5.75 Å². The fourth-order valence-electron chi connectivity index (χ4n) is 2.55. The molecule has 0 spiro atoms. The van der Waals surface area contributed by atoms with Gasteiger partial charge in [0.25, 0.3) is 0 Å². The molecule has 0 unspecified atom stereocenters. The normalized spacial score (nSPS) is 23.7. The molecule has 0 saturated heterocycles. The van der Waals surface area contributed by atoms with Crippen LogP contribution in [0.1, 0.15) is 38.2 Å². The Morgan fingerprint density at radius 2 is 1.94 bits per heavy atom. The molecular formula is C15H21NO2. The van der Waals surface area contributed by atoms with Gasteiger partial charge in [0.2, 0.25) is 5.91 Å². The van der Waals surface area contributed by atoms with Crippen LogP contribution < -0.4 is 5.32 Å².